The zero-order valence-electron chi connectivity index (χ0n) is 15.8. The molecule has 146 valence electrons. The van der Waals surface area contributed by atoms with Crippen LogP contribution in [0.25, 0.3) is 0 Å². The highest BCUT2D eigenvalue weighted by molar-refractivity contribution is 6.00. The van der Waals surface area contributed by atoms with Gasteiger partial charge in [-0.05, 0) is 24.1 Å². The summed E-state index contributed by atoms with van der Waals surface area (Å²) < 4.78 is 10.3. The second-order valence-corrected chi connectivity index (χ2v) is 6.71. The number of Topliss-reactive ketones (excluding diaryl/α,β-unsaturated/α-hetero) is 1. The second kappa shape index (κ2) is 9.17. The van der Waals surface area contributed by atoms with Crippen LogP contribution in [0.5, 0.6) is 5.75 Å². The lowest BCUT2D eigenvalue weighted by Crippen LogP contribution is -2.29. The number of para-hydroxylation sites is 1. The van der Waals surface area contributed by atoms with Gasteiger partial charge < -0.3 is 14.4 Å². The molecule has 1 aliphatic heterocycles. The predicted octanol–water partition coefficient (Wildman–Crippen LogP) is 2.51. The Bertz CT molecular complexity index is 849. The SMILES string of the molecule is COc1ccccc1C(=O)COC(=O)C1CC(=O)N(CCc2ccccc2)C1. The molecular weight excluding hydrogens is 358 g/mol. The first-order valence-corrected chi connectivity index (χ1v) is 9.23. The van der Waals surface area contributed by atoms with Crippen molar-refractivity contribution in [3.05, 3.63) is 65.7 Å². The molecule has 1 atom stereocenters. The van der Waals surface area contributed by atoms with Crippen molar-refractivity contribution in [3.8, 4) is 5.75 Å². The van der Waals surface area contributed by atoms with E-state index in [1.165, 1.54) is 7.11 Å². The van der Waals surface area contributed by atoms with Crippen LogP contribution in [-0.2, 0) is 20.7 Å². The number of ketones is 1. The van der Waals surface area contributed by atoms with Crippen molar-refractivity contribution in [1.82, 2.24) is 4.90 Å². The van der Waals surface area contributed by atoms with Crippen LogP contribution >= 0.6 is 0 Å². The van der Waals surface area contributed by atoms with Gasteiger partial charge in [0.15, 0.2) is 6.61 Å². The van der Waals surface area contributed by atoms with E-state index in [2.05, 4.69) is 0 Å². The van der Waals surface area contributed by atoms with E-state index in [4.69, 9.17) is 9.47 Å². The molecule has 1 heterocycles. The summed E-state index contributed by atoms with van der Waals surface area (Å²) in [5.74, 6) is -1.01. The number of benzene rings is 2. The number of rotatable bonds is 8. The van der Waals surface area contributed by atoms with Crippen molar-refractivity contribution in [1.29, 1.82) is 0 Å². The average Bonchev–Trinajstić information content (AvgIpc) is 3.11. The van der Waals surface area contributed by atoms with Crippen LogP contribution in [0.1, 0.15) is 22.3 Å². The molecule has 2 aromatic rings. The van der Waals surface area contributed by atoms with E-state index in [0.717, 1.165) is 12.0 Å². The maximum atomic E-state index is 12.3. The van der Waals surface area contributed by atoms with Crippen molar-refractivity contribution >= 4 is 17.7 Å². The zero-order valence-corrected chi connectivity index (χ0v) is 15.8. The Labute approximate surface area is 164 Å². The van der Waals surface area contributed by atoms with Crippen molar-refractivity contribution in [2.24, 2.45) is 5.92 Å². The van der Waals surface area contributed by atoms with Gasteiger partial charge in [0, 0.05) is 19.5 Å². The summed E-state index contributed by atoms with van der Waals surface area (Å²) in [5, 5.41) is 0. The third-order valence-corrected chi connectivity index (χ3v) is 4.81. The van der Waals surface area contributed by atoms with Gasteiger partial charge in [0.05, 0.1) is 18.6 Å². The van der Waals surface area contributed by atoms with E-state index in [9.17, 15) is 14.4 Å². The Balaban J connectivity index is 1.49. The van der Waals surface area contributed by atoms with E-state index >= 15 is 0 Å². The smallest absolute Gasteiger partial charge is 0.311 e. The number of amides is 1. The molecule has 28 heavy (non-hydrogen) atoms. The first kappa shape index (κ1) is 19.6. The van der Waals surface area contributed by atoms with Crippen LogP contribution in [0.15, 0.2) is 54.6 Å². The van der Waals surface area contributed by atoms with Crippen molar-refractivity contribution in [2.75, 3.05) is 26.8 Å². The second-order valence-electron chi connectivity index (χ2n) is 6.71. The molecule has 0 N–H and O–H groups in total. The van der Waals surface area contributed by atoms with Crippen LogP contribution in [-0.4, -0.2) is 49.4 Å². The van der Waals surface area contributed by atoms with Gasteiger partial charge in [-0.3, -0.25) is 14.4 Å². The van der Waals surface area contributed by atoms with Crippen molar-refractivity contribution in [3.63, 3.8) is 0 Å². The Morgan fingerprint density at radius 3 is 2.54 bits per heavy atom. The molecule has 1 amide bonds. The molecular formula is C22H23NO5. The predicted molar refractivity (Wildman–Crippen MR) is 103 cm³/mol. The van der Waals surface area contributed by atoms with Gasteiger partial charge in [-0.25, -0.2) is 0 Å². The number of nitrogens with zero attached hydrogens (tertiary/aromatic N) is 1. The summed E-state index contributed by atoms with van der Waals surface area (Å²) in [4.78, 5) is 38.5. The van der Waals surface area contributed by atoms with Crippen LogP contribution in [0, 0.1) is 5.92 Å². The lowest BCUT2D eigenvalue weighted by Gasteiger charge is -2.16. The molecule has 1 aliphatic rings. The van der Waals surface area contributed by atoms with E-state index in [0.29, 0.717) is 24.4 Å². The van der Waals surface area contributed by atoms with Crippen molar-refractivity contribution < 1.29 is 23.9 Å². The van der Waals surface area contributed by atoms with Gasteiger partial charge >= 0.3 is 5.97 Å². The van der Waals surface area contributed by atoms with Gasteiger partial charge in [0.25, 0.3) is 0 Å². The Kier molecular flexibility index (Phi) is 6.42. The molecule has 1 unspecified atom stereocenters. The third-order valence-electron chi connectivity index (χ3n) is 4.81. The minimum Gasteiger partial charge on any atom is -0.496 e. The van der Waals surface area contributed by atoms with E-state index in [-0.39, 0.29) is 24.7 Å². The monoisotopic (exact) mass is 381 g/mol. The fourth-order valence-electron chi connectivity index (χ4n) is 3.26. The number of methoxy groups -OCH3 is 1. The van der Waals surface area contributed by atoms with E-state index in [1.54, 1.807) is 29.2 Å². The number of ether oxygens (including phenoxy) is 2. The maximum absolute atomic E-state index is 12.3. The Morgan fingerprint density at radius 1 is 1.07 bits per heavy atom. The molecule has 3 rings (SSSR count). The molecule has 0 bridgehead atoms. The first-order chi connectivity index (χ1) is 13.6. The Hall–Kier alpha value is -3.15. The first-order valence-electron chi connectivity index (χ1n) is 9.23. The quantitative estimate of drug-likeness (QED) is 0.519. The third kappa shape index (κ3) is 4.76. The van der Waals surface area contributed by atoms with Crippen LogP contribution in [0.3, 0.4) is 0 Å². The van der Waals surface area contributed by atoms with Gasteiger partial charge in [0.2, 0.25) is 11.7 Å². The van der Waals surface area contributed by atoms with Gasteiger partial charge in [0.1, 0.15) is 5.75 Å². The molecule has 0 aliphatic carbocycles. The summed E-state index contributed by atoms with van der Waals surface area (Å²) in [7, 11) is 1.48. The largest absolute Gasteiger partial charge is 0.496 e. The highest BCUT2D eigenvalue weighted by Gasteiger charge is 2.35. The zero-order chi connectivity index (χ0) is 19.9. The Morgan fingerprint density at radius 2 is 1.79 bits per heavy atom. The topological polar surface area (TPSA) is 72.9 Å². The number of carbonyl (C=O) groups excluding carboxylic acids is 3. The molecule has 0 aromatic heterocycles. The number of esters is 1. The summed E-state index contributed by atoms with van der Waals surface area (Å²) in [6.07, 6.45) is 0.858. The lowest BCUT2D eigenvalue weighted by molar-refractivity contribution is -0.147. The molecule has 6 heteroatoms. The summed E-state index contributed by atoms with van der Waals surface area (Å²) in [6.45, 7) is 0.522. The lowest BCUT2D eigenvalue weighted by atomic mass is 10.1. The number of hydrogen-bond donors (Lipinski definition) is 0. The fourth-order valence-corrected chi connectivity index (χ4v) is 3.26. The van der Waals surface area contributed by atoms with Gasteiger partial charge in [-0.1, -0.05) is 42.5 Å². The van der Waals surface area contributed by atoms with Crippen LogP contribution < -0.4 is 4.74 Å². The van der Waals surface area contributed by atoms with E-state index < -0.39 is 11.9 Å². The van der Waals surface area contributed by atoms with Crippen LogP contribution in [0.2, 0.25) is 0 Å². The summed E-state index contributed by atoms with van der Waals surface area (Å²) in [5.41, 5.74) is 1.51. The average molecular weight is 381 g/mol. The van der Waals surface area contributed by atoms with Gasteiger partial charge in [-0.15, -0.1) is 0 Å². The fraction of sp³-hybridized carbons (Fsp3) is 0.318. The minimum atomic E-state index is -0.534. The molecule has 2 aromatic carbocycles. The minimum absolute atomic E-state index is 0.0612. The maximum Gasteiger partial charge on any atom is 0.311 e. The number of carbonyl (C=O) groups is 3. The molecule has 0 spiro atoms. The van der Waals surface area contributed by atoms with Crippen molar-refractivity contribution in [2.45, 2.75) is 12.8 Å². The molecule has 0 radical (unpaired) electrons. The number of likely N-dealkylation sites (tertiary alicyclic amines) is 1. The summed E-state index contributed by atoms with van der Waals surface area (Å²) >= 11 is 0. The molecule has 0 saturated carbocycles. The molecule has 6 nitrogen and oxygen atoms in total. The van der Waals surface area contributed by atoms with Gasteiger partial charge in [-0.2, -0.15) is 0 Å². The molecule has 1 fully saturated rings. The number of hydrogen-bond acceptors (Lipinski definition) is 5. The normalized spacial score (nSPS) is 16.1. The highest BCUT2D eigenvalue weighted by Crippen LogP contribution is 2.21. The molecule has 1 saturated heterocycles. The summed E-state index contributed by atoms with van der Waals surface area (Å²) in [6, 6.07) is 16.7. The van der Waals surface area contributed by atoms with Crippen LogP contribution in [0.4, 0.5) is 0 Å². The highest BCUT2D eigenvalue weighted by atomic mass is 16.5. The van der Waals surface area contributed by atoms with E-state index in [1.807, 2.05) is 30.3 Å². The standard InChI is InChI=1S/C22H23NO5/c1-27-20-10-6-5-9-18(20)19(24)15-28-22(26)17-13-21(25)23(14-17)12-11-16-7-3-2-4-8-16/h2-10,17H,11-15H2,1H3.